The van der Waals surface area contributed by atoms with Gasteiger partial charge in [0.15, 0.2) is 0 Å². The highest BCUT2D eigenvalue weighted by atomic mass is 16.5. The Bertz CT molecular complexity index is 1240. The third-order valence-corrected chi connectivity index (χ3v) is 9.07. The molecule has 0 radical (unpaired) electrons. The molecule has 1 amide bonds. The Morgan fingerprint density at radius 2 is 1.82 bits per heavy atom. The molecule has 202 valence electrons. The predicted octanol–water partition coefficient (Wildman–Crippen LogP) is 5.29. The number of aromatic nitrogens is 1. The summed E-state index contributed by atoms with van der Waals surface area (Å²) in [4.78, 5) is 33.9. The number of carboxylic acids is 1. The molecule has 1 aromatic carbocycles. The molecule has 1 saturated heterocycles. The number of amides is 1. The van der Waals surface area contributed by atoms with Gasteiger partial charge in [0.2, 0.25) is 0 Å². The van der Waals surface area contributed by atoms with Crippen LogP contribution in [0.5, 0.6) is 5.75 Å². The van der Waals surface area contributed by atoms with E-state index in [1.165, 1.54) is 49.3 Å². The molecule has 2 aromatic rings. The summed E-state index contributed by atoms with van der Waals surface area (Å²) in [6, 6.07) is 6.49. The van der Waals surface area contributed by atoms with E-state index in [9.17, 15) is 14.7 Å². The quantitative estimate of drug-likeness (QED) is 0.512. The lowest BCUT2D eigenvalue weighted by Crippen LogP contribution is -2.50. The lowest BCUT2D eigenvalue weighted by Gasteiger charge is -2.40. The van der Waals surface area contributed by atoms with E-state index in [1.54, 1.807) is 12.5 Å². The van der Waals surface area contributed by atoms with Crippen molar-refractivity contribution in [1.29, 1.82) is 0 Å². The standard InChI is InChI=1S/C31H39N3O4/c1-3-38-28-16-20(15-25(21-7-8-21)29(28)22-5-4-6-22)18-33-12-9-23(10-13-33)34-14-11-27-26(30(34)35)17-24(31(36)37)19(2)32-27/h15-17,21-23H,3-14,18H2,1-2H3,(H,36,37). The second-order valence-electron chi connectivity index (χ2n) is 11.6. The second kappa shape index (κ2) is 10.3. The van der Waals surface area contributed by atoms with Gasteiger partial charge in [-0.15, -0.1) is 0 Å². The molecule has 7 nitrogen and oxygen atoms in total. The molecule has 0 atom stereocenters. The molecule has 1 aromatic heterocycles. The maximum absolute atomic E-state index is 13.4. The van der Waals surface area contributed by atoms with Crippen molar-refractivity contribution in [2.75, 3.05) is 26.2 Å². The van der Waals surface area contributed by atoms with Crippen molar-refractivity contribution in [2.45, 2.75) is 89.6 Å². The van der Waals surface area contributed by atoms with E-state index in [0.29, 0.717) is 42.7 Å². The van der Waals surface area contributed by atoms with Gasteiger partial charge >= 0.3 is 5.97 Å². The number of hydrogen-bond acceptors (Lipinski definition) is 5. The maximum Gasteiger partial charge on any atom is 0.337 e. The minimum Gasteiger partial charge on any atom is -0.494 e. The Kier molecular flexibility index (Phi) is 6.89. The van der Waals surface area contributed by atoms with Gasteiger partial charge in [-0.2, -0.15) is 0 Å². The largest absolute Gasteiger partial charge is 0.494 e. The third kappa shape index (κ3) is 4.81. The summed E-state index contributed by atoms with van der Waals surface area (Å²) in [6.45, 7) is 7.94. The van der Waals surface area contributed by atoms with Crippen LogP contribution in [0.1, 0.15) is 112 Å². The van der Waals surface area contributed by atoms with Gasteiger partial charge in [-0.3, -0.25) is 14.7 Å². The van der Waals surface area contributed by atoms with E-state index in [4.69, 9.17) is 4.74 Å². The summed E-state index contributed by atoms with van der Waals surface area (Å²) in [5.74, 6) is 1.41. The number of hydrogen-bond donors (Lipinski definition) is 1. The summed E-state index contributed by atoms with van der Waals surface area (Å²) >= 11 is 0. The Labute approximate surface area is 225 Å². The second-order valence-corrected chi connectivity index (χ2v) is 11.6. The average Bonchev–Trinajstić information content (AvgIpc) is 3.70. The van der Waals surface area contributed by atoms with Crippen LogP contribution in [0, 0.1) is 6.92 Å². The van der Waals surface area contributed by atoms with Crippen LogP contribution in [-0.4, -0.2) is 64.0 Å². The van der Waals surface area contributed by atoms with Crippen LogP contribution in [-0.2, 0) is 13.0 Å². The summed E-state index contributed by atoms with van der Waals surface area (Å²) in [5.41, 5.74) is 6.19. The van der Waals surface area contributed by atoms with Crippen molar-refractivity contribution < 1.29 is 19.4 Å². The lowest BCUT2D eigenvalue weighted by molar-refractivity contribution is 0.0543. The molecule has 0 unspecified atom stereocenters. The van der Waals surface area contributed by atoms with Gasteiger partial charge < -0.3 is 14.7 Å². The Morgan fingerprint density at radius 1 is 1.05 bits per heavy atom. The molecule has 7 heteroatoms. The van der Waals surface area contributed by atoms with Gasteiger partial charge in [0.05, 0.1) is 29.1 Å². The molecule has 2 aliphatic carbocycles. The number of ether oxygens (including phenoxy) is 1. The SMILES string of the molecule is CCOc1cc(CN2CCC(N3CCc4nc(C)c(C(=O)O)cc4C3=O)CC2)cc(C2CC2)c1C1CCC1. The average molecular weight is 518 g/mol. The van der Waals surface area contributed by atoms with Gasteiger partial charge in [-0.05, 0) is 87.5 Å². The van der Waals surface area contributed by atoms with Gasteiger partial charge in [0.25, 0.3) is 5.91 Å². The summed E-state index contributed by atoms with van der Waals surface area (Å²) in [5, 5.41) is 9.50. The number of benzene rings is 1. The van der Waals surface area contributed by atoms with Gasteiger partial charge in [0, 0.05) is 44.2 Å². The van der Waals surface area contributed by atoms with E-state index >= 15 is 0 Å². The fourth-order valence-electron chi connectivity index (χ4n) is 6.67. The van der Waals surface area contributed by atoms with Crippen molar-refractivity contribution in [1.82, 2.24) is 14.8 Å². The van der Waals surface area contributed by atoms with Crippen LogP contribution in [0.15, 0.2) is 18.2 Å². The van der Waals surface area contributed by atoms with Crippen LogP contribution < -0.4 is 4.74 Å². The molecule has 38 heavy (non-hydrogen) atoms. The first-order valence-electron chi connectivity index (χ1n) is 14.5. The van der Waals surface area contributed by atoms with E-state index < -0.39 is 5.97 Å². The van der Waals surface area contributed by atoms with Crippen LogP contribution >= 0.6 is 0 Å². The number of fused-ring (bicyclic) bond motifs is 1. The van der Waals surface area contributed by atoms with Crippen LogP contribution in [0.25, 0.3) is 0 Å². The maximum atomic E-state index is 13.4. The zero-order valence-corrected chi connectivity index (χ0v) is 22.7. The number of carboxylic acid groups (broad SMARTS) is 1. The fourth-order valence-corrected chi connectivity index (χ4v) is 6.67. The number of rotatable bonds is 8. The van der Waals surface area contributed by atoms with E-state index in [1.807, 2.05) is 4.90 Å². The lowest BCUT2D eigenvalue weighted by atomic mass is 9.76. The normalized spacial score (nSPS) is 20.8. The molecule has 4 aliphatic rings. The number of likely N-dealkylation sites (tertiary alicyclic amines) is 1. The first-order chi connectivity index (χ1) is 18.4. The number of piperidine rings is 1. The van der Waals surface area contributed by atoms with Gasteiger partial charge in [-0.25, -0.2) is 4.79 Å². The molecule has 0 spiro atoms. The molecule has 1 N–H and O–H groups in total. The Hall–Kier alpha value is -2.93. The van der Waals surface area contributed by atoms with Crippen molar-refractivity contribution in [3.05, 3.63) is 57.4 Å². The monoisotopic (exact) mass is 517 g/mol. The molecule has 3 fully saturated rings. The number of nitrogens with zero attached hydrogens (tertiary/aromatic N) is 3. The highest BCUT2D eigenvalue weighted by molar-refractivity contribution is 5.99. The number of aryl methyl sites for hydroxylation is 1. The Morgan fingerprint density at radius 3 is 2.45 bits per heavy atom. The minimum atomic E-state index is -1.03. The molecular weight excluding hydrogens is 478 g/mol. The summed E-state index contributed by atoms with van der Waals surface area (Å²) in [6.07, 6.45) is 9.06. The molecule has 0 bridgehead atoms. The highest BCUT2D eigenvalue weighted by Gasteiger charge is 2.35. The third-order valence-electron chi connectivity index (χ3n) is 9.07. The summed E-state index contributed by atoms with van der Waals surface area (Å²) < 4.78 is 6.21. The smallest absolute Gasteiger partial charge is 0.337 e. The molecule has 2 saturated carbocycles. The highest BCUT2D eigenvalue weighted by Crippen LogP contribution is 2.51. The minimum absolute atomic E-state index is 0.0679. The Balaban J connectivity index is 1.13. The van der Waals surface area contributed by atoms with Crippen molar-refractivity contribution in [3.8, 4) is 5.75 Å². The van der Waals surface area contributed by atoms with E-state index in [0.717, 1.165) is 43.9 Å². The zero-order valence-electron chi connectivity index (χ0n) is 22.7. The fraction of sp³-hybridized carbons (Fsp3) is 0.581. The van der Waals surface area contributed by atoms with Crippen LogP contribution in [0.2, 0.25) is 0 Å². The molecular formula is C31H39N3O4. The van der Waals surface area contributed by atoms with E-state index in [-0.39, 0.29) is 17.5 Å². The number of aromatic carboxylic acids is 1. The van der Waals surface area contributed by atoms with Crippen molar-refractivity contribution >= 4 is 11.9 Å². The van der Waals surface area contributed by atoms with Crippen molar-refractivity contribution in [2.24, 2.45) is 0 Å². The first kappa shape index (κ1) is 25.4. The van der Waals surface area contributed by atoms with Gasteiger partial charge in [-0.1, -0.05) is 12.5 Å². The van der Waals surface area contributed by atoms with Crippen LogP contribution in [0.3, 0.4) is 0 Å². The molecule has 2 aliphatic heterocycles. The van der Waals surface area contributed by atoms with Gasteiger partial charge in [0.1, 0.15) is 5.75 Å². The number of carbonyl (C=O) groups is 2. The summed E-state index contributed by atoms with van der Waals surface area (Å²) in [7, 11) is 0. The first-order valence-corrected chi connectivity index (χ1v) is 14.5. The topological polar surface area (TPSA) is 83.0 Å². The van der Waals surface area contributed by atoms with Crippen LogP contribution in [0.4, 0.5) is 0 Å². The number of pyridine rings is 1. The van der Waals surface area contributed by atoms with E-state index in [2.05, 4.69) is 28.9 Å². The number of carbonyl (C=O) groups excluding carboxylic acids is 1. The predicted molar refractivity (Wildman–Crippen MR) is 145 cm³/mol. The van der Waals surface area contributed by atoms with Crippen molar-refractivity contribution in [3.63, 3.8) is 0 Å². The molecule has 3 heterocycles. The molecule has 6 rings (SSSR count). The zero-order chi connectivity index (χ0) is 26.4.